The van der Waals surface area contributed by atoms with Crippen LogP contribution in [-0.2, 0) is 6.42 Å². The molecule has 0 radical (unpaired) electrons. The van der Waals surface area contributed by atoms with Gasteiger partial charge in [-0.05, 0) is 23.6 Å². The van der Waals surface area contributed by atoms with Gasteiger partial charge < -0.3 is 9.84 Å². The Balaban J connectivity index is 1.81. The maximum Gasteiger partial charge on any atom is 0.256 e. The predicted octanol–water partition coefficient (Wildman–Crippen LogP) is 3.61. The molecule has 0 fully saturated rings. The minimum absolute atomic E-state index is 0.129. The van der Waals surface area contributed by atoms with Gasteiger partial charge in [0, 0.05) is 23.1 Å². The molecular formula is C15H13N3O2S. The number of anilines is 1. The molecule has 2 heterocycles. The van der Waals surface area contributed by atoms with Crippen molar-refractivity contribution in [3.05, 3.63) is 52.5 Å². The van der Waals surface area contributed by atoms with Gasteiger partial charge in [0.1, 0.15) is 0 Å². The van der Waals surface area contributed by atoms with Gasteiger partial charge in [-0.3, -0.25) is 4.79 Å². The van der Waals surface area contributed by atoms with Crippen molar-refractivity contribution in [1.29, 1.82) is 0 Å². The highest BCUT2D eigenvalue weighted by Gasteiger charge is 2.10. The van der Waals surface area contributed by atoms with Crippen molar-refractivity contribution in [2.24, 2.45) is 0 Å². The summed E-state index contributed by atoms with van der Waals surface area (Å²) >= 11 is 1.49. The average Bonchev–Trinajstić information content (AvgIpc) is 3.19. The number of amides is 1. The second kappa shape index (κ2) is 5.88. The molecule has 1 aromatic carbocycles. The Hall–Kier alpha value is -2.47. The monoisotopic (exact) mass is 299 g/mol. The molecule has 21 heavy (non-hydrogen) atoms. The molecule has 1 amide bonds. The smallest absolute Gasteiger partial charge is 0.256 e. The van der Waals surface area contributed by atoms with Gasteiger partial charge in [0.15, 0.2) is 0 Å². The van der Waals surface area contributed by atoms with Crippen molar-refractivity contribution in [3.63, 3.8) is 0 Å². The third-order valence-electron chi connectivity index (χ3n) is 2.93. The molecule has 0 bridgehead atoms. The molecule has 106 valence electrons. The Kier molecular flexibility index (Phi) is 3.79. The Labute approximate surface area is 125 Å². The normalized spacial score (nSPS) is 10.5. The zero-order chi connectivity index (χ0) is 14.7. The molecule has 2 aromatic heterocycles. The number of thiophene rings is 1. The van der Waals surface area contributed by atoms with E-state index < -0.39 is 0 Å². The third-order valence-corrected chi connectivity index (χ3v) is 3.62. The van der Waals surface area contributed by atoms with E-state index in [2.05, 4.69) is 15.5 Å². The van der Waals surface area contributed by atoms with E-state index >= 15 is 0 Å². The van der Waals surface area contributed by atoms with Crippen LogP contribution in [0.15, 0.2) is 45.6 Å². The molecule has 0 unspecified atom stereocenters. The van der Waals surface area contributed by atoms with Crippen LogP contribution in [0.5, 0.6) is 0 Å². The molecule has 1 N–H and O–H groups in total. The van der Waals surface area contributed by atoms with E-state index in [4.69, 9.17) is 4.52 Å². The number of hydrogen-bond donors (Lipinski definition) is 1. The summed E-state index contributed by atoms with van der Waals surface area (Å²) in [6.07, 6.45) is 0.696. The summed E-state index contributed by atoms with van der Waals surface area (Å²) in [7, 11) is 0. The summed E-state index contributed by atoms with van der Waals surface area (Å²) in [6.45, 7) is 1.95. The average molecular weight is 299 g/mol. The first kappa shape index (κ1) is 13.5. The van der Waals surface area contributed by atoms with E-state index in [9.17, 15) is 4.79 Å². The Morgan fingerprint density at radius 1 is 1.38 bits per heavy atom. The summed E-state index contributed by atoms with van der Waals surface area (Å²) in [4.78, 5) is 16.3. The molecular weight excluding hydrogens is 286 g/mol. The minimum atomic E-state index is -0.129. The number of aromatic nitrogens is 2. The number of rotatable bonds is 4. The topological polar surface area (TPSA) is 68.0 Å². The van der Waals surface area contributed by atoms with Crippen molar-refractivity contribution < 1.29 is 9.32 Å². The quantitative estimate of drug-likeness (QED) is 0.799. The number of nitrogens with one attached hydrogen (secondary N) is 1. The molecule has 3 aromatic rings. The number of benzene rings is 1. The third kappa shape index (κ3) is 3.00. The highest BCUT2D eigenvalue weighted by molar-refractivity contribution is 7.08. The molecule has 0 atom stereocenters. The standard InChI is InChI=1S/C15H13N3O2S/c1-2-13-17-14(18-20-13)10-4-3-5-12(8-10)16-15(19)11-6-7-21-9-11/h3-9H,2H2,1H3,(H,16,19). The van der Waals surface area contributed by atoms with Crippen molar-refractivity contribution in [2.45, 2.75) is 13.3 Å². The minimum Gasteiger partial charge on any atom is -0.339 e. The van der Waals surface area contributed by atoms with Crippen LogP contribution in [0.1, 0.15) is 23.2 Å². The van der Waals surface area contributed by atoms with Gasteiger partial charge in [-0.15, -0.1) is 0 Å². The Morgan fingerprint density at radius 3 is 3.00 bits per heavy atom. The lowest BCUT2D eigenvalue weighted by Gasteiger charge is -2.04. The van der Waals surface area contributed by atoms with E-state index in [1.165, 1.54) is 11.3 Å². The summed E-state index contributed by atoms with van der Waals surface area (Å²) in [6, 6.07) is 9.17. The molecule has 0 saturated carbocycles. The van der Waals surface area contributed by atoms with Crippen LogP contribution in [0.2, 0.25) is 0 Å². The summed E-state index contributed by atoms with van der Waals surface area (Å²) in [5.41, 5.74) is 2.16. The number of aryl methyl sites for hydroxylation is 1. The lowest BCUT2D eigenvalue weighted by atomic mass is 10.2. The van der Waals surface area contributed by atoms with E-state index in [1.54, 1.807) is 6.07 Å². The van der Waals surface area contributed by atoms with Gasteiger partial charge in [-0.1, -0.05) is 24.2 Å². The predicted molar refractivity (Wildman–Crippen MR) is 81.4 cm³/mol. The van der Waals surface area contributed by atoms with Gasteiger partial charge in [0.05, 0.1) is 5.56 Å². The fourth-order valence-electron chi connectivity index (χ4n) is 1.85. The van der Waals surface area contributed by atoms with Gasteiger partial charge in [0.2, 0.25) is 11.7 Å². The van der Waals surface area contributed by atoms with E-state index in [0.717, 1.165) is 5.56 Å². The highest BCUT2D eigenvalue weighted by Crippen LogP contribution is 2.21. The lowest BCUT2D eigenvalue weighted by Crippen LogP contribution is -2.10. The van der Waals surface area contributed by atoms with E-state index in [1.807, 2.05) is 41.9 Å². The molecule has 6 heteroatoms. The SMILES string of the molecule is CCc1nc(-c2cccc(NC(=O)c3ccsc3)c2)no1. The maximum atomic E-state index is 12.0. The molecule has 5 nitrogen and oxygen atoms in total. The van der Waals surface area contributed by atoms with Crippen molar-refractivity contribution >= 4 is 22.9 Å². The zero-order valence-electron chi connectivity index (χ0n) is 11.4. The molecule has 0 spiro atoms. The van der Waals surface area contributed by atoms with Gasteiger partial charge in [-0.2, -0.15) is 16.3 Å². The van der Waals surface area contributed by atoms with E-state index in [0.29, 0.717) is 29.4 Å². The summed E-state index contributed by atoms with van der Waals surface area (Å²) in [5, 5.41) is 10.5. The lowest BCUT2D eigenvalue weighted by molar-refractivity contribution is 0.102. The van der Waals surface area contributed by atoms with Crippen molar-refractivity contribution in [1.82, 2.24) is 10.1 Å². The Bertz CT molecular complexity index is 750. The Morgan fingerprint density at radius 2 is 2.29 bits per heavy atom. The van der Waals surface area contributed by atoms with Crippen LogP contribution in [0.4, 0.5) is 5.69 Å². The maximum absolute atomic E-state index is 12.0. The first-order valence-electron chi connectivity index (χ1n) is 6.53. The van der Waals surface area contributed by atoms with Crippen LogP contribution >= 0.6 is 11.3 Å². The molecule has 0 aliphatic heterocycles. The van der Waals surface area contributed by atoms with Crippen LogP contribution in [-0.4, -0.2) is 16.0 Å². The molecule has 0 aliphatic rings. The molecule has 3 rings (SSSR count). The molecule has 0 aliphatic carbocycles. The van der Waals surface area contributed by atoms with Gasteiger partial charge in [0.25, 0.3) is 5.91 Å². The second-order valence-electron chi connectivity index (χ2n) is 4.41. The van der Waals surface area contributed by atoms with Crippen LogP contribution < -0.4 is 5.32 Å². The fraction of sp³-hybridized carbons (Fsp3) is 0.133. The van der Waals surface area contributed by atoms with Gasteiger partial charge >= 0.3 is 0 Å². The number of nitrogens with zero attached hydrogens (tertiary/aromatic N) is 2. The number of carbonyl (C=O) groups excluding carboxylic acids is 1. The largest absolute Gasteiger partial charge is 0.339 e. The summed E-state index contributed by atoms with van der Waals surface area (Å²) < 4.78 is 5.10. The van der Waals surface area contributed by atoms with Crippen LogP contribution in [0.3, 0.4) is 0 Å². The van der Waals surface area contributed by atoms with E-state index in [-0.39, 0.29) is 5.91 Å². The molecule has 0 saturated heterocycles. The second-order valence-corrected chi connectivity index (χ2v) is 5.19. The number of hydrogen-bond acceptors (Lipinski definition) is 5. The first-order chi connectivity index (χ1) is 10.3. The van der Waals surface area contributed by atoms with Gasteiger partial charge in [-0.25, -0.2) is 0 Å². The highest BCUT2D eigenvalue weighted by atomic mass is 32.1. The van der Waals surface area contributed by atoms with Crippen LogP contribution in [0, 0.1) is 0 Å². The van der Waals surface area contributed by atoms with Crippen LogP contribution in [0.25, 0.3) is 11.4 Å². The van der Waals surface area contributed by atoms with Crippen molar-refractivity contribution in [2.75, 3.05) is 5.32 Å². The fourth-order valence-corrected chi connectivity index (χ4v) is 2.48. The van der Waals surface area contributed by atoms with Crippen molar-refractivity contribution in [3.8, 4) is 11.4 Å². The summed E-state index contributed by atoms with van der Waals surface area (Å²) in [5.74, 6) is 0.993. The first-order valence-corrected chi connectivity index (χ1v) is 7.47. The number of carbonyl (C=O) groups is 1. The zero-order valence-corrected chi connectivity index (χ0v) is 12.2.